The normalized spacial score (nSPS) is 33.5. The molecule has 2 saturated heterocycles. The zero-order chi connectivity index (χ0) is 12.3. The fraction of sp³-hybridized carbons (Fsp3) is 0.923. The highest BCUT2D eigenvalue weighted by molar-refractivity contribution is 7.99. The Bertz CT molecular complexity index is 294. The molecular formula is C13H22N2OS. The predicted octanol–water partition coefficient (Wildman–Crippen LogP) is 2.28. The van der Waals surface area contributed by atoms with Gasteiger partial charge in [-0.15, -0.1) is 0 Å². The summed E-state index contributed by atoms with van der Waals surface area (Å²) >= 11 is 2.01. The highest BCUT2D eigenvalue weighted by Gasteiger charge is 2.42. The second-order valence-electron chi connectivity index (χ2n) is 5.40. The van der Waals surface area contributed by atoms with Crippen LogP contribution in [0.3, 0.4) is 0 Å². The fourth-order valence-corrected chi connectivity index (χ4v) is 4.34. The summed E-state index contributed by atoms with van der Waals surface area (Å²) in [6.07, 6.45) is 3.37. The third-order valence-electron chi connectivity index (χ3n) is 3.92. The molecule has 2 fully saturated rings. The van der Waals surface area contributed by atoms with Crippen LogP contribution in [0.5, 0.6) is 0 Å². The maximum atomic E-state index is 8.95. The molecule has 1 spiro atoms. The number of nitriles is 1. The second kappa shape index (κ2) is 5.60. The van der Waals surface area contributed by atoms with E-state index in [0.717, 1.165) is 25.2 Å². The lowest BCUT2D eigenvalue weighted by atomic mass is 9.88. The van der Waals surface area contributed by atoms with Crippen LogP contribution in [0, 0.1) is 11.3 Å². The smallest absolute Gasteiger partial charge is 0.0870 e. The summed E-state index contributed by atoms with van der Waals surface area (Å²) in [7, 11) is 0. The molecule has 0 aromatic carbocycles. The van der Waals surface area contributed by atoms with Crippen LogP contribution in [0.1, 0.15) is 33.1 Å². The first-order valence-electron chi connectivity index (χ1n) is 6.51. The van der Waals surface area contributed by atoms with E-state index in [-0.39, 0.29) is 5.60 Å². The fourth-order valence-electron chi connectivity index (χ4n) is 2.96. The third kappa shape index (κ3) is 2.96. The molecule has 0 amide bonds. The maximum absolute atomic E-state index is 8.95. The van der Waals surface area contributed by atoms with Crippen LogP contribution >= 0.6 is 11.8 Å². The summed E-state index contributed by atoms with van der Waals surface area (Å²) in [6.45, 7) is 5.77. The molecule has 2 atom stereocenters. The minimum Gasteiger partial charge on any atom is -0.374 e. The Morgan fingerprint density at radius 2 is 2.41 bits per heavy atom. The van der Waals surface area contributed by atoms with E-state index in [1.807, 2.05) is 11.8 Å². The van der Waals surface area contributed by atoms with Crippen LogP contribution in [0.2, 0.25) is 0 Å². The molecule has 3 nitrogen and oxygen atoms in total. The van der Waals surface area contributed by atoms with Crippen LogP contribution in [0.25, 0.3) is 0 Å². The minimum atomic E-state index is 0.121. The monoisotopic (exact) mass is 254 g/mol. The summed E-state index contributed by atoms with van der Waals surface area (Å²) in [4.78, 5) is 2.34. The number of hydrogen-bond donors (Lipinski definition) is 0. The molecule has 17 heavy (non-hydrogen) atoms. The average Bonchev–Trinajstić information content (AvgIpc) is 2.73. The van der Waals surface area contributed by atoms with E-state index < -0.39 is 0 Å². The van der Waals surface area contributed by atoms with Crippen LogP contribution in [0.4, 0.5) is 0 Å². The molecule has 2 heterocycles. The first kappa shape index (κ1) is 13.2. The van der Waals surface area contributed by atoms with Crippen LogP contribution in [0.15, 0.2) is 0 Å². The molecule has 2 aliphatic heterocycles. The Hall–Kier alpha value is -0.240. The highest BCUT2D eigenvalue weighted by Crippen LogP contribution is 2.39. The molecule has 0 bridgehead atoms. The van der Waals surface area contributed by atoms with Crippen LogP contribution < -0.4 is 0 Å². The summed E-state index contributed by atoms with van der Waals surface area (Å²) in [5.41, 5.74) is 0.121. The van der Waals surface area contributed by atoms with Gasteiger partial charge in [0.2, 0.25) is 0 Å². The van der Waals surface area contributed by atoms with Crippen molar-refractivity contribution in [3.63, 3.8) is 0 Å². The number of nitrogens with zero attached hydrogens (tertiary/aromatic N) is 2. The topological polar surface area (TPSA) is 36.3 Å². The minimum absolute atomic E-state index is 0.121. The molecule has 2 aliphatic rings. The number of rotatable bonds is 3. The Balaban J connectivity index is 2.02. The molecule has 2 unspecified atom stereocenters. The third-order valence-corrected chi connectivity index (χ3v) is 5.14. The largest absolute Gasteiger partial charge is 0.374 e. The summed E-state index contributed by atoms with van der Waals surface area (Å²) < 4.78 is 6.03. The van der Waals surface area contributed by atoms with Crippen molar-refractivity contribution in [2.75, 3.05) is 24.7 Å². The van der Waals surface area contributed by atoms with E-state index in [0.29, 0.717) is 18.6 Å². The summed E-state index contributed by atoms with van der Waals surface area (Å²) in [5, 5.41) is 8.95. The number of ether oxygens (including phenoxy) is 1. The van der Waals surface area contributed by atoms with E-state index in [9.17, 15) is 0 Å². The molecule has 0 aliphatic carbocycles. The van der Waals surface area contributed by atoms with Gasteiger partial charge in [0.25, 0.3) is 0 Å². The molecular weight excluding hydrogens is 232 g/mol. The van der Waals surface area contributed by atoms with Crippen molar-refractivity contribution in [1.29, 1.82) is 5.26 Å². The van der Waals surface area contributed by atoms with E-state index in [1.54, 1.807) is 0 Å². The van der Waals surface area contributed by atoms with Crippen molar-refractivity contribution in [2.45, 2.75) is 50.8 Å². The predicted molar refractivity (Wildman–Crippen MR) is 71.1 cm³/mol. The first-order chi connectivity index (χ1) is 8.17. The van der Waals surface area contributed by atoms with Crippen molar-refractivity contribution >= 4 is 11.8 Å². The Kier molecular flexibility index (Phi) is 4.35. The van der Waals surface area contributed by atoms with Crippen molar-refractivity contribution in [3.8, 4) is 6.07 Å². The molecule has 0 aromatic heterocycles. The Morgan fingerprint density at radius 3 is 3.00 bits per heavy atom. The molecule has 4 heteroatoms. The number of hydrogen-bond acceptors (Lipinski definition) is 4. The van der Waals surface area contributed by atoms with Gasteiger partial charge in [-0.25, -0.2) is 0 Å². The lowest BCUT2D eigenvalue weighted by Crippen LogP contribution is -2.51. The molecule has 0 saturated carbocycles. The average molecular weight is 254 g/mol. The molecule has 2 rings (SSSR count). The first-order valence-corrected chi connectivity index (χ1v) is 7.67. The van der Waals surface area contributed by atoms with E-state index >= 15 is 0 Å². The van der Waals surface area contributed by atoms with Gasteiger partial charge in [-0.05, 0) is 38.9 Å². The van der Waals surface area contributed by atoms with Crippen molar-refractivity contribution in [2.24, 2.45) is 0 Å². The SMILES string of the molecule is CC(C)N(CC#N)C1CCOC2(CCSC2)C1. The molecule has 96 valence electrons. The molecule has 0 radical (unpaired) electrons. The van der Waals surface area contributed by atoms with Crippen LogP contribution in [-0.4, -0.2) is 47.2 Å². The van der Waals surface area contributed by atoms with Gasteiger partial charge < -0.3 is 4.74 Å². The Morgan fingerprint density at radius 1 is 1.59 bits per heavy atom. The number of thioether (sulfide) groups is 1. The zero-order valence-corrected chi connectivity index (χ0v) is 11.6. The van der Waals surface area contributed by atoms with E-state index in [2.05, 4.69) is 24.8 Å². The lowest BCUT2D eigenvalue weighted by molar-refractivity contribution is -0.0916. The van der Waals surface area contributed by atoms with E-state index in [4.69, 9.17) is 10.00 Å². The van der Waals surface area contributed by atoms with Gasteiger partial charge >= 0.3 is 0 Å². The lowest BCUT2D eigenvalue weighted by Gasteiger charge is -2.43. The Labute approximate surface area is 108 Å². The molecule has 0 aromatic rings. The van der Waals surface area contributed by atoms with Crippen LogP contribution in [-0.2, 0) is 4.74 Å². The van der Waals surface area contributed by atoms with Crippen molar-refractivity contribution in [3.05, 3.63) is 0 Å². The van der Waals surface area contributed by atoms with Gasteiger partial charge in [-0.2, -0.15) is 17.0 Å². The van der Waals surface area contributed by atoms with Gasteiger partial charge in [-0.1, -0.05) is 0 Å². The van der Waals surface area contributed by atoms with Gasteiger partial charge in [0.1, 0.15) is 0 Å². The second-order valence-corrected chi connectivity index (χ2v) is 6.51. The van der Waals surface area contributed by atoms with Gasteiger partial charge in [0, 0.05) is 24.4 Å². The van der Waals surface area contributed by atoms with Gasteiger partial charge in [0.15, 0.2) is 0 Å². The highest BCUT2D eigenvalue weighted by atomic mass is 32.2. The van der Waals surface area contributed by atoms with Gasteiger partial charge in [-0.3, -0.25) is 4.90 Å². The van der Waals surface area contributed by atoms with Crippen molar-refractivity contribution in [1.82, 2.24) is 4.90 Å². The zero-order valence-electron chi connectivity index (χ0n) is 10.8. The molecule has 0 N–H and O–H groups in total. The standard InChI is InChI=1S/C13H22N2OS/c1-11(2)15(6-5-14)12-3-7-16-13(9-12)4-8-17-10-13/h11-12H,3-4,6-10H2,1-2H3. The van der Waals surface area contributed by atoms with Crippen molar-refractivity contribution < 1.29 is 4.74 Å². The summed E-state index contributed by atoms with van der Waals surface area (Å²) in [6, 6.07) is 3.28. The van der Waals surface area contributed by atoms with Gasteiger partial charge in [0.05, 0.1) is 18.2 Å². The maximum Gasteiger partial charge on any atom is 0.0870 e. The van der Waals surface area contributed by atoms with E-state index in [1.165, 1.54) is 12.2 Å². The summed E-state index contributed by atoms with van der Waals surface area (Å²) in [5.74, 6) is 2.37. The quantitative estimate of drug-likeness (QED) is 0.724.